The fraction of sp³-hybridized carbons (Fsp3) is 0.533. The van der Waals surface area contributed by atoms with Gasteiger partial charge in [-0.2, -0.15) is 0 Å². The lowest BCUT2D eigenvalue weighted by atomic mass is 9.86. The summed E-state index contributed by atoms with van der Waals surface area (Å²) in [5, 5.41) is 12.3. The number of aliphatic carboxylic acids is 1. The molecule has 0 spiro atoms. The van der Waals surface area contributed by atoms with Crippen LogP contribution in [0.25, 0.3) is 0 Å². The van der Waals surface area contributed by atoms with Crippen molar-refractivity contribution in [1.82, 2.24) is 5.32 Å². The first kappa shape index (κ1) is 15.4. The average Bonchev–Trinajstić information content (AvgIpc) is 2.43. The van der Waals surface area contributed by atoms with Crippen molar-refractivity contribution < 1.29 is 14.3 Å². The van der Waals surface area contributed by atoms with Crippen LogP contribution in [0, 0.1) is 11.7 Å². The molecule has 3 nitrogen and oxygen atoms in total. The number of carboxylic acids is 1. The molecule has 0 unspecified atom stereocenters. The lowest BCUT2D eigenvalue weighted by Crippen LogP contribution is -2.36. The highest BCUT2D eigenvalue weighted by Crippen LogP contribution is 2.24. The number of benzene rings is 1. The number of nitrogens with one attached hydrogen (secondary N) is 1. The van der Waals surface area contributed by atoms with Gasteiger partial charge in [0.25, 0.3) is 0 Å². The molecule has 0 amide bonds. The minimum absolute atomic E-state index is 0.176. The first-order valence-corrected chi connectivity index (χ1v) is 7.75. The summed E-state index contributed by atoms with van der Waals surface area (Å²) in [6.07, 6.45) is 3.89. The van der Waals surface area contributed by atoms with Crippen molar-refractivity contribution in [2.24, 2.45) is 5.92 Å². The molecular weight excluding hydrogens is 325 g/mol. The Morgan fingerprint density at radius 1 is 1.35 bits per heavy atom. The second-order valence-electron chi connectivity index (χ2n) is 5.33. The van der Waals surface area contributed by atoms with Crippen LogP contribution in [0.15, 0.2) is 22.7 Å². The molecule has 0 radical (unpaired) electrons. The van der Waals surface area contributed by atoms with Gasteiger partial charge in [0.05, 0.1) is 5.92 Å². The first-order valence-electron chi connectivity index (χ1n) is 6.96. The fourth-order valence-electron chi connectivity index (χ4n) is 2.69. The first-order chi connectivity index (χ1) is 9.56. The molecule has 0 aromatic heterocycles. The zero-order valence-electron chi connectivity index (χ0n) is 11.2. The second-order valence-corrected chi connectivity index (χ2v) is 6.24. The summed E-state index contributed by atoms with van der Waals surface area (Å²) in [5.74, 6) is -1.04. The quantitative estimate of drug-likeness (QED) is 0.861. The SMILES string of the molecule is O=C(O)C1CCC(NCCc2cc(Br)ccc2F)CC1. The molecule has 0 bridgehead atoms. The van der Waals surface area contributed by atoms with E-state index in [4.69, 9.17) is 5.11 Å². The van der Waals surface area contributed by atoms with Gasteiger partial charge in [0.1, 0.15) is 5.82 Å². The van der Waals surface area contributed by atoms with Crippen molar-refractivity contribution in [3.63, 3.8) is 0 Å². The Morgan fingerprint density at radius 3 is 2.70 bits per heavy atom. The zero-order chi connectivity index (χ0) is 14.5. The van der Waals surface area contributed by atoms with Gasteiger partial charge in [-0.15, -0.1) is 0 Å². The Morgan fingerprint density at radius 2 is 2.05 bits per heavy atom. The normalized spacial score (nSPS) is 22.7. The lowest BCUT2D eigenvalue weighted by Gasteiger charge is -2.27. The molecule has 0 heterocycles. The highest BCUT2D eigenvalue weighted by atomic mass is 79.9. The van der Waals surface area contributed by atoms with Crippen LogP contribution >= 0.6 is 15.9 Å². The topological polar surface area (TPSA) is 49.3 Å². The van der Waals surface area contributed by atoms with Crippen molar-refractivity contribution in [1.29, 1.82) is 0 Å². The van der Waals surface area contributed by atoms with Crippen LogP contribution in [0.1, 0.15) is 31.2 Å². The number of halogens is 2. The van der Waals surface area contributed by atoms with Crippen LogP contribution in [0.3, 0.4) is 0 Å². The monoisotopic (exact) mass is 343 g/mol. The van der Waals surface area contributed by atoms with Gasteiger partial charge >= 0.3 is 5.97 Å². The molecule has 0 aliphatic heterocycles. The smallest absolute Gasteiger partial charge is 0.306 e. The molecule has 0 saturated heterocycles. The van der Waals surface area contributed by atoms with Crippen molar-refractivity contribution in [3.8, 4) is 0 Å². The molecule has 1 aliphatic carbocycles. The molecule has 1 aliphatic rings. The summed E-state index contributed by atoms with van der Waals surface area (Å²) in [6.45, 7) is 0.718. The number of rotatable bonds is 5. The van der Waals surface area contributed by atoms with Crippen molar-refractivity contribution in [3.05, 3.63) is 34.1 Å². The van der Waals surface area contributed by atoms with Gasteiger partial charge in [0.2, 0.25) is 0 Å². The van der Waals surface area contributed by atoms with Crippen molar-refractivity contribution >= 4 is 21.9 Å². The Hall–Kier alpha value is -0.940. The van der Waals surface area contributed by atoms with Gasteiger partial charge in [-0.3, -0.25) is 4.79 Å². The Labute approximate surface area is 126 Å². The third kappa shape index (κ3) is 4.28. The predicted octanol–water partition coefficient (Wildman–Crippen LogP) is 3.36. The summed E-state index contributed by atoms with van der Waals surface area (Å²) in [4.78, 5) is 10.9. The van der Waals surface area contributed by atoms with E-state index in [2.05, 4.69) is 21.2 Å². The molecule has 2 rings (SSSR count). The molecule has 1 fully saturated rings. The third-order valence-corrected chi connectivity index (χ3v) is 4.40. The minimum atomic E-state index is -0.681. The van der Waals surface area contributed by atoms with E-state index in [-0.39, 0.29) is 11.7 Å². The lowest BCUT2D eigenvalue weighted by molar-refractivity contribution is -0.142. The minimum Gasteiger partial charge on any atom is -0.481 e. The number of hydrogen-bond donors (Lipinski definition) is 2. The van der Waals surface area contributed by atoms with Crippen LogP contribution in [0.5, 0.6) is 0 Å². The van der Waals surface area contributed by atoms with Gasteiger partial charge in [-0.25, -0.2) is 4.39 Å². The van der Waals surface area contributed by atoms with Crippen LogP contribution in [0.4, 0.5) is 4.39 Å². The van der Waals surface area contributed by atoms with Crippen LogP contribution in [0.2, 0.25) is 0 Å². The summed E-state index contributed by atoms with van der Waals surface area (Å²) >= 11 is 3.34. The van der Waals surface area contributed by atoms with Gasteiger partial charge in [0, 0.05) is 10.5 Å². The standard InChI is InChI=1S/C15H19BrFNO2/c16-12-3-6-14(17)11(9-12)7-8-18-13-4-1-10(2-5-13)15(19)20/h3,6,9-10,13,18H,1-2,4-5,7-8H2,(H,19,20). The Balaban J connectivity index is 1.74. The van der Waals surface area contributed by atoms with Crippen molar-refractivity contribution in [2.45, 2.75) is 38.1 Å². The zero-order valence-corrected chi connectivity index (χ0v) is 12.8. The summed E-state index contributed by atoms with van der Waals surface area (Å²) in [7, 11) is 0. The number of carboxylic acid groups (broad SMARTS) is 1. The van der Waals surface area contributed by atoms with Gasteiger partial charge in [-0.05, 0) is 62.4 Å². The maximum atomic E-state index is 13.6. The predicted molar refractivity (Wildman–Crippen MR) is 79.2 cm³/mol. The molecule has 2 N–H and O–H groups in total. The third-order valence-electron chi connectivity index (χ3n) is 3.91. The van der Waals surface area contributed by atoms with Crippen LogP contribution in [-0.2, 0) is 11.2 Å². The largest absolute Gasteiger partial charge is 0.481 e. The summed E-state index contributed by atoms with van der Waals surface area (Å²) < 4.78 is 14.4. The molecule has 1 aromatic carbocycles. The molecule has 1 saturated carbocycles. The van der Waals surface area contributed by atoms with E-state index in [0.29, 0.717) is 18.0 Å². The van der Waals surface area contributed by atoms with E-state index in [1.54, 1.807) is 12.1 Å². The summed E-state index contributed by atoms with van der Waals surface area (Å²) in [6, 6.07) is 5.33. The summed E-state index contributed by atoms with van der Waals surface area (Å²) in [5.41, 5.74) is 0.700. The van der Waals surface area contributed by atoms with Crippen LogP contribution in [-0.4, -0.2) is 23.7 Å². The number of hydrogen-bond acceptors (Lipinski definition) is 2. The van der Waals surface area contributed by atoms with Gasteiger partial charge in [-0.1, -0.05) is 15.9 Å². The van der Waals surface area contributed by atoms with Crippen LogP contribution < -0.4 is 5.32 Å². The maximum Gasteiger partial charge on any atom is 0.306 e. The van der Waals surface area contributed by atoms with E-state index in [0.717, 1.165) is 36.7 Å². The Bertz CT molecular complexity index is 473. The average molecular weight is 344 g/mol. The van der Waals surface area contributed by atoms with E-state index in [1.807, 2.05) is 0 Å². The molecule has 5 heteroatoms. The van der Waals surface area contributed by atoms with Gasteiger partial charge in [0.15, 0.2) is 0 Å². The number of carbonyl (C=O) groups is 1. The molecule has 110 valence electrons. The fourth-order valence-corrected chi connectivity index (χ4v) is 3.10. The maximum absolute atomic E-state index is 13.6. The van der Waals surface area contributed by atoms with E-state index in [1.165, 1.54) is 6.07 Å². The Kier molecular flexibility index (Phi) is 5.54. The highest BCUT2D eigenvalue weighted by Gasteiger charge is 2.25. The van der Waals surface area contributed by atoms with Crippen molar-refractivity contribution in [2.75, 3.05) is 6.54 Å². The van der Waals surface area contributed by atoms with E-state index >= 15 is 0 Å². The molecule has 20 heavy (non-hydrogen) atoms. The van der Waals surface area contributed by atoms with E-state index < -0.39 is 5.97 Å². The molecule has 0 atom stereocenters. The van der Waals surface area contributed by atoms with E-state index in [9.17, 15) is 9.18 Å². The highest BCUT2D eigenvalue weighted by molar-refractivity contribution is 9.10. The molecular formula is C15H19BrFNO2. The van der Waals surface area contributed by atoms with Gasteiger partial charge < -0.3 is 10.4 Å². The second kappa shape index (κ2) is 7.18. The molecule has 1 aromatic rings.